The standard InChI is InChI=1S/C19H18Cl2N2O4S.C18H19BrClN3O3S/c20-14-5-6-16(21)18(11-14)28(25,26)22-9-7-15(8-10-22)23-17-4-2-1-3-13(17)12-27-19(23)24;19-16-9-15(10-21-18(16)20)27(24,25)22-7-5-14(6-8-22)23-12-26-11-13-3-1-2-4-17(13)23/h1-6,11,15H,7-10,12H2;1-4,9-10,14H,5-8,11-12H2. The van der Waals surface area contributed by atoms with E-state index in [1.165, 1.54) is 44.3 Å². The molecule has 0 atom stereocenters. The Morgan fingerprint density at radius 2 is 1.33 bits per heavy atom. The molecule has 18 heteroatoms. The van der Waals surface area contributed by atoms with Gasteiger partial charge in [0.2, 0.25) is 20.0 Å². The van der Waals surface area contributed by atoms with Gasteiger partial charge in [0, 0.05) is 66.3 Å². The van der Waals surface area contributed by atoms with Gasteiger partial charge in [-0.2, -0.15) is 8.61 Å². The number of nitrogens with zero attached hydrogens (tertiary/aromatic N) is 5. The van der Waals surface area contributed by atoms with E-state index in [0.29, 0.717) is 48.8 Å². The van der Waals surface area contributed by atoms with Gasteiger partial charge in [-0.3, -0.25) is 4.90 Å². The highest BCUT2D eigenvalue weighted by molar-refractivity contribution is 9.10. The van der Waals surface area contributed by atoms with E-state index in [1.54, 1.807) is 11.0 Å². The lowest BCUT2D eigenvalue weighted by atomic mass is 10.0. The minimum Gasteiger partial charge on any atom is -0.444 e. The van der Waals surface area contributed by atoms with E-state index in [-0.39, 0.29) is 51.7 Å². The Morgan fingerprint density at radius 1 is 0.727 bits per heavy atom. The SMILES string of the molecule is O=C1OCc2ccccc2N1C1CCN(S(=O)(=O)c2cc(Cl)ccc2Cl)CC1.O=S(=O)(c1cnc(Cl)c(Br)c1)N1CCC(N2COCc3ccccc32)CC1. The minimum atomic E-state index is -3.76. The number of benzene rings is 3. The summed E-state index contributed by atoms with van der Waals surface area (Å²) >= 11 is 21.2. The van der Waals surface area contributed by atoms with Crippen LogP contribution in [0, 0.1) is 0 Å². The number of hydrogen-bond donors (Lipinski definition) is 0. The zero-order valence-corrected chi connectivity index (χ0v) is 34.8. The summed E-state index contributed by atoms with van der Waals surface area (Å²) in [6.07, 6.45) is 3.42. The molecular weight excluding hydrogens is 877 g/mol. The summed E-state index contributed by atoms with van der Waals surface area (Å²) in [5, 5.41) is 0.696. The quantitative estimate of drug-likeness (QED) is 0.177. The van der Waals surface area contributed by atoms with Crippen molar-refractivity contribution in [3.8, 4) is 0 Å². The van der Waals surface area contributed by atoms with Crippen LogP contribution in [0.25, 0.3) is 0 Å². The lowest BCUT2D eigenvalue weighted by molar-refractivity contribution is 0.0988. The Labute approximate surface area is 344 Å². The number of cyclic esters (lactones) is 1. The van der Waals surface area contributed by atoms with E-state index >= 15 is 0 Å². The molecule has 4 aliphatic rings. The van der Waals surface area contributed by atoms with Gasteiger partial charge in [0.15, 0.2) is 0 Å². The third kappa shape index (κ3) is 8.51. The summed E-state index contributed by atoms with van der Waals surface area (Å²) in [6.45, 7) is 2.91. The largest absolute Gasteiger partial charge is 0.444 e. The van der Waals surface area contributed by atoms with Crippen molar-refractivity contribution in [1.82, 2.24) is 13.6 Å². The summed E-state index contributed by atoms with van der Waals surface area (Å²) in [5.74, 6) is 0. The number of anilines is 2. The first-order valence-corrected chi connectivity index (χ1v) is 22.4. The number of carbonyl (C=O) groups excluding carboxylic acids is 1. The smallest absolute Gasteiger partial charge is 0.414 e. The van der Waals surface area contributed by atoms with Gasteiger partial charge in [-0.25, -0.2) is 26.6 Å². The first-order valence-electron chi connectivity index (χ1n) is 17.6. The Bertz CT molecular complexity index is 2290. The highest BCUT2D eigenvalue weighted by Gasteiger charge is 2.38. The molecule has 0 unspecified atom stereocenters. The number of rotatable bonds is 6. The van der Waals surface area contributed by atoms with E-state index in [2.05, 4.69) is 37.9 Å². The summed E-state index contributed by atoms with van der Waals surface area (Å²) < 4.78 is 66.2. The third-order valence-electron chi connectivity index (χ3n) is 10.2. The molecule has 8 rings (SSSR count). The highest BCUT2D eigenvalue weighted by atomic mass is 79.9. The van der Waals surface area contributed by atoms with E-state index in [1.807, 2.05) is 36.4 Å². The predicted octanol–water partition coefficient (Wildman–Crippen LogP) is 7.95. The van der Waals surface area contributed by atoms with Crippen molar-refractivity contribution in [1.29, 1.82) is 0 Å². The Kier molecular flexibility index (Phi) is 12.3. The molecule has 55 heavy (non-hydrogen) atoms. The molecule has 2 fully saturated rings. The van der Waals surface area contributed by atoms with Crippen molar-refractivity contribution in [3.05, 3.63) is 110 Å². The molecule has 4 aliphatic heterocycles. The fourth-order valence-electron chi connectivity index (χ4n) is 7.30. The van der Waals surface area contributed by atoms with Crippen molar-refractivity contribution in [2.45, 2.75) is 60.8 Å². The topological polar surface area (TPSA) is 130 Å². The van der Waals surface area contributed by atoms with Crippen LogP contribution in [0.4, 0.5) is 16.2 Å². The van der Waals surface area contributed by atoms with Gasteiger partial charge in [-0.05, 0) is 78.0 Å². The molecule has 1 amide bonds. The van der Waals surface area contributed by atoms with E-state index in [4.69, 9.17) is 44.3 Å². The monoisotopic (exact) mass is 911 g/mol. The number of hydrogen-bond acceptors (Lipinski definition) is 9. The molecule has 0 spiro atoms. The van der Waals surface area contributed by atoms with Crippen molar-refractivity contribution in [2.75, 3.05) is 42.7 Å². The number of amides is 1. The lowest BCUT2D eigenvalue weighted by Crippen LogP contribution is -2.50. The van der Waals surface area contributed by atoms with Crippen molar-refractivity contribution < 1.29 is 31.1 Å². The second-order valence-electron chi connectivity index (χ2n) is 13.4. The van der Waals surface area contributed by atoms with Crippen molar-refractivity contribution in [2.24, 2.45) is 0 Å². The molecule has 292 valence electrons. The van der Waals surface area contributed by atoms with E-state index in [9.17, 15) is 21.6 Å². The maximum atomic E-state index is 13.0. The third-order valence-corrected chi connectivity index (χ3v) is 15.8. The van der Waals surface area contributed by atoms with Gasteiger partial charge < -0.3 is 14.4 Å². The Hall–Kier alpha value is -2.99. The summed E-state index contributed by atoms with van der Waals surface area (Å²) in [4.78, 5) is 20.4. The molecule has 4 aromatic rings. The van der Waals surface area contributed by atoms with Gasteiger partial charge in [0.05, 0.1) is 21.8 Å². The number of fused-ring (bicyclic) bond motifs is 2. The van der Waals surface area contributed by atoms with Crippen LogP contribution in [0.15, 0.2) is 93.3 Å². The van der Waals surface area contributed by atoms with Crippen LogP contribution in [-0.2, 0) is 42.7 Å². The molecule has 0 bridgehead atoms. The van der Waals surface area contributed by atoms with Crippen LogP contribution in [0.1, 0.15) is 36.8 Å². The van der Waals surface area contributed by atoms with Gasteiger partial charge in [0.25, 0.3) is 0 Å². The number of aromatic nitrogens is 1. The molecular formula is C37H37BrCl3N5O7S2. The lowest BCUT2D eigenvalue weighted by Gasteiger charge is -2.41. The maximum Gasteiger partial charge on any atom is 0.414 e. The van der Waals surface area contributed by atoms with Crippen LogP contribution in [0.3, 0.4) is 0 Å². The Morgan fingerprint density at radius 3 is 2.00 bits per heavy atom. The number of piperidine rings is 2. The normalized spacial score (nSPS) is 18.9. The zero-order valence-electron chi connectivity index (χ0n) is 29.4. The number of ether oxygens (including phenoxy) is 2. The molecule has 3 aromatic carbocycles. The minimum absolute atomic E-state index is 0.00263. The fraction of sp³-hybridized carbons (Fsp3) is 0.351. The highest BCUT2D eigenvalue weighted by Crippen LogP contribution is 2.35. The molecule has 0 N–H and O–H groups in total. The molecule has 0 saturated carbocycles. The number of halogens is 4. The zero-order chi connectivity index (χ0) is 38.9. The van der Waals surface area contributed by atoms with Gasteiger partial charge in [0.1, 0.15) is 28.3 Å². The van der Waals surface area contributed by atoms with Crippen LogP contribution in [-0.4, -0.2) is 81.5 Å². The van der Waals surface area contributed by atoms with Gasteiger partial charge >= 0.3 is 6.09 Å². The average Bonchev–Trinajstić information content (AvgIpc) is 3.20. The molecule has 2 saturated heterocycles. The average molecular weight is 914 g/mol. The second-order valence-corrected chi connectivity index (χ2v) is 19.3. The van der Waals surface area contributed by atoms with Gasteiger partial charge in [-0.15, -0.1) is 0 Å². The van der Waals surface area contributed by atoms with Gasteiger partial charge in [-0.1, -0.05) is 71.2 Å². The fourth-order valence-corrected chi connectivity index (χ4v) is 11.6. The first-order chi connectivity index (χ1) is 26.3. The number of carbonyl (C=O) groups is 1. The maximum absolute atomic E-state index is 13.0. The van der Waals surface area contributed by atoms with Crippen LogP contribution >= 0.6 is 50.7 Å². The summed E-state index contributed by atoms with van der Waals surface area (Å²) in [6, 6.07) is 21.9. The van der Waals surface area contributed by atoms with Crippen molar-refractivity contribution >= 4 is 88.2 Å². The van der Waals surface area contributed by atoms with Crippen LogP contribution < -0.4 is 9.80 Å². The molecule has 5 heterocycles. The number of pyridine rings is 1. The first kappa shape index (κ1) is 40.2. The van der Waals surface area contributed by atoms with E-state index in [0.717, 1.165) is 24.1 Å². The molecule has 0 aliphatic carbocycles. The molecule has 0 radical (unpaired) electrons. The predicted molar refractivity (Wildman–Crippen MR) is 215 cm³/mol. The summed E-state index contributed by atoms with van der Waals surface area (Å²) in [5.41, 5.74) is 4.15. The van der Waals surface area contributed by atoms with Crippen LogP contribution in [0.2, 0.25) is 15.2 Å². The number of para-hydroxylation sites is 2. The summed E-state index contributed by atoms with van der Waals surface area (Å²) in [7, 11) is -7.34. The number of sulfonamides is 2. The second kappa shape index (κ2) is 16.9. The molecule has 1 aromatic heterocycles. The van der Waals surface area contributed by atoms with Crippen molar-refractivity contribution in [3.63, 3.8) is 0 Å². The van der Waals surface area contributed by atoms with E-state index < -0.39 is 26.1 Å². The molecule has 12 nitrogen and oxygen atoms in total. The Balaban J connectivity index is 0.000000169. The van der Waals surface area contributed by atoms with Crippen LogP contribution in [0.5, 0.6) is 0 Å².